The molecule has 0 aliphatic carbocycles. The smallest absolute Gasteiger partial charge is 0.265 e. The molecule has 0 radical (unpaired) electrons. The zero-order chi connectivity index (χ0) is 15.2. The molecule has 0 fully saturated rings. The molecule has 0 saturated carbocycles. The van der Waals surface area contributed by atoms with E-state index in [1.807, 2.05) is 38.1 Å². The third-order valence-electron chi connectivity index (χ3n) is 3.07. The average Bonchev–Trinajstić information content (AvgIpc) is 2.49. The number of hydrogen-bond donors (Lipinski definition) is 1. The molecule has 21 heavy (non-hydrogen) atoms. The van der Waals surface area contributed by atoms with E-state index in [1.54, 1.807) is 24.3 Å². The van der Waals surface area contributed by atoms with Crippen molar-refractivity contribution in [3.63, 3.8) is 0 Å². The van der Waals surface area contributed by atoms with Crippen LogP contribution < -0.4 is 10.1 Å². The topological polar surface area (TPSA) is 38.3 Å². The van der Waals surface area contributed by atoms with Gasteiger partial charge in [-0.05, 0) is 49.7 Å². The molecule has 0 bridgehead atoms. The molecule has 1 amide bonds. The lowest BCUT2D eigenvalue weighted by Gasteiger charge is -2.17. The standard InChI is InChI=1S/C17H18ClNO2/c1-3-16(21-15-10-4-12(2)5-11-15)17(20)19-14-8-6-13(18)7-9-14/h4-11,16H,3H2,1-2H3,(H,19,20)/t16-/m0/s1. The molecule has 2 aromatic carbocycles. The van der Waals surface area contributed by atoms with Gasteiger partial charge in [-0.1, -0.05) is 36.2 Å². The quantitative estimate of drug-likeness (QED) is 0.886. The van der Waals surface area contributed by atoms with Crippen molar-refractivity contribution in [2.24, 2.45) is 0 Å². The molecule has 4 heteroatoms. The Morgan fingerprint density at radius 3 is 2.33 bits per heavy atom. The largest absolute Gasteiger partial charge is 0.481 e. The summed E-state index contributed by atoms with van der Waals surface area (Å²) in [7, 11) is 0. The predicted molar refractivity (Wildman–Crippen MR) is 86.0 cm³/mol. The minimum atomic E-state index is -0.525. The number of rotatable bonds is 5. The van der Waals surface area contributed by atoms with Crippen molar-refractivity contribution in [2.75, 3.05) is 5.32 Å². The minimum Gasteiger partial charge on any atom is -0.481 e. The minimum absolute atomic E-state index is 0.166. The van der Waals surface area contributed by atoms with Gasteiger partial charge in [-0.15, -0.1) is 0 Å². The Hall–Kier alpha value is -2.00. The van der Waals surface area contributed by atoms with Crippen LogP contribution in [0.25, 0.3) is 0 Å². The lowest BCUT2D eigenvalue weighted by atomic mass is 10.2. The fraction of sp³-hybridized carbons (Fsp3) is 0.235. The molecule has 0 aromatic heterocycles. The van der Waals surface area contributed by atoms with Gasteiger partial charge in [0, 0.05) is 10.7 Å². The van der Waals surface area contributed by atoms with Gasteiger partial charge in [0.15, 0.2) is 6.10 Å². The van der Waals surface area contributed by atoms with Gasteiger partial charge >= 0.3 is 0 Å². The molecule has 3 nitrogen and oxygen atoms in total. The Kier molecular flexibility index (Phi) is 5.23. The first-order valence-corrected chi connectivity index (χ1v) is 7.26. The van der Waals surface area contributed by atoms with E-state index in [0.29, 0.717) is 22.9 Å². The zero-order valence-electron chi connectivity index (χ0n) is 12.1. The summed E-state index contributed by atoms with van der Waals surface area (Å²) in [6.45, 7) is 3.93. The first kappa shape index (κ1) is 15.4. The Morgan fingerprint density at radius 2 is 1.76 bits per heavy atom. The lowest BCUT2D eigenvalue weighted by Crippen LogP contribution is -2.32. The van der Waals surface area contributed by atoms with Gasteiger partial charge in [0.1, 0.15) is 5.75 Å². The number of ether oxygens (including phenoxy) is 1. The highest BCUT2D eigenvalue weighted by Crippen LogP contribution is 2.17. The summed E-state index contributed by atoms with van der Waals surface area (Å²) >= 11 is 5.82. The van der Waals surface area contributed by atoms with E-state index < -0.39 is 6.10 Å². The number of carbonyl (C=O) groups is 1. The molecule has 0 spiro atoms. The average molecular weight is 304 g/mol. The summed E-state index contributed by atoms with van der Waals surface area (Å²) in [5.74, 6) is 0.527. The molecular formula is C17H18ClNO2. The van der Waals surface area contributed by atoms with Crippen molar-refractivity contribution >= 4 is 23.2 Å². The summed E-state index contributed by atoms with van der Waals surface area (Å²) in [5.41, 5.74) is 1.86. The van der Waals surface area contributed by atoms with Crippen molar-refractivity contribution in [3.8, 4) is 5.75 Å². The summed E-state index contributed by atoms with van der Waals surface area (Å²) in [6, 6.07) is 14.6. The zero-order valence-corrected chi connectivity index (χ0v) is 12.9. The van der Waals surface area contributed by atoms with Crippen LogP contribution in [0, 0.1) is 6.92 Å². The molecule has 2 aromatic rings. The maximum atomic E-state index is 12.2. The van der Waals surface area contributed by atoms with E-state index >= 15 is 0 Å². The van der Waals surface area contributed by atoms with Crippen LogP contribution in [0.2, 0.25) is 5.02 Å². The van der Waals surface area contributed by atoms with E-state index in [1.165, 1.54) is 0 Å². The summed E-state index contributed by atoms with van der Waals surface area (Å²) in [4.78, 5) is 12.2. The number of nitrogens with one attached hydrogen (secondary N) is 1. The van der Waals surface area contributed by atoms with Gasteiger partial charge in [0.2, 0.25) is 0 Å². The number of amides is 1. The van der Waals surface area contributed by atoms with Gasteiger partial charge in [-0.2, -0.15) is 0 Å². The van der Waals surface area contributed by atoms with E-state index in [2.05, 4.69) is 5.32 Å². The van der Waals surface area contributed by atoms with Crippen LogP contribution in [0.3, 0.4) is 0 Å². The van der Waals surface area contributed by atoms with Gasteiger partial charge in [0.25, 0.3) is 5.91 Å². The third kappa shape index (κ3) is 4.50. The Bertz CT molecular complexity index is 593. The highest BCUT2D eigenvalue weighted by Gasteiger charge is 2.18. The fourth-order valence-electron chi connectivity index (χ4n) is 1.86. The van der Waals surface area contributed by atoms with E-state index in [0.717, 1.165) is 5.56 Å². The number of carbonyl (C=O) groups excluding carboxylic acids is 1. The summed E-state index contributed by atoms with van der Waals surface area (Å²) in [6.07, 6.45) is 0.0659. The second-order valence-electron chi connectivity index (χ2n) is 4.82. The molecule has 0 aliphatic rings. The van der Waals surface area contributed by atoms with Crippen molar-refractivity contribution in [2.45, 2.75) is 26.4 Å². The molecule has 0 heterocycles. The normalized spacial score (nSPS) is 11.8. The predicted octanol–water partition coefficient (Wildman–Crippen LogP) is 4.44. The Balaban J connectivity index is 2.01. The van der Waals surface area contributed by atoms with Crippen molar-refractivity contribution < 1.29 is 9.53 Å². The van der Waals surface area contributed by atoms with Crippen molar-refractivity contribution in [1.82, 2.24) is 0 Å². The number of benzene rings is 2. The summed E-state index contributed by atoms with van der Waals surface area (Å²) < 4.78 is 5.74. The lowest BCUT2D eigenvalue weighted by molar-refractivity contribution is -0.122. The number of hydrogen-bond acceptors (Lipinski definition) is 2. The van der Waals surface area contributed by atoms with E-state index in [4.69, 9.17) is 16.3 Å². The highest BCUT2D eigenvalue weighted by atomic mass is 35.5. The molecule has 0 aliphatic heterocycles. The second-order valence-corrected chi connectivity index (χ2v) is 5.26. The van der Waals surface area contributed by atoms with Crippen molar-refractivity contribution in [3.05, 3.63) is 59.1 Å². The molecule has 1 atom stereocenters. The number of aryl methyl sites for hydroxylation is 1. The molecular weight excluding hydrogens is 286 g/mol. The van der Waals surface area contributed by atoms with Gasteiger partial charge < -0.3 is 10.1 Å². The van der Waals surface area contributed by atoms with Crippen LogP contribution in [0.5, 0.6) is 5.75 Å². The second kappa shape index (κ2) is 7.14. The van der Waals surface area contributed by atoms with Crippen molar-refractivity contribution in [1.29, 1.82) is 0 Å². The first-order valence-electron chi connectivity index (χ1n) is 6.88. The van der Waals surface area contributed by atoms with Gasteiger partial charge in [0.05, 0.1) is 0 Å². The fourth-order valence-corrected chi connectivity index (χ4v) is 1.99. The Morgan fingerprint density at radius 1 is 1.14 bits per heavy atom. The molecule has 2 rings (SSSR count). The maximum absolute atomic E-state index is 12.2. The molecule has 110 valence electrons. The maximum Gasteiger partial charge on any atom is 0.265 e. The van der Waals surface area contributed by atoms with Crippen LogP contribution in [0.15, 0.2) is 48.5 Å². The van der Waals surface area contributed by atoms with Gasteiger partial charge in [-0.25, -0.2) is 0 Å². The molecule has 1 N–H and O–H groups in total. The van der Waals surface area contributed by atoms with Crippen LogP contribution in [0.1, 0.15) is 18.9 Å². The van der Waals surface area contributed by atoms with Crippen LogP contribution in [-0.2, 0) is 4.79 Å². The SMILES string of the molecule is CC[C@H](Oc1ccc(C)cc1)C(=O)Nc1ccc(Cl)cc1. The number of anilines is 1. The monoisotopic (exact) mass is 303 g/mol. The van der Waals surface area contributed by atoms with Crippen LogP contribution in [0.4, 0.5) is 5.69 Å². The van der Waals surface area contributed by atoms with Crippen LogP contribution in [-0.4, -0.2) is 12.0 Å². The van der Waals surface area contributed by atoms with E-state index in [-0.39, 0.29) is 5.91 Å². The Labute approximate surface area is 129 Å². The highest BCUT2D eigenvalue weighted by molar-refractivity contribution is 6.30. The summed E-state index contributed by atoms with van der Waals surface area (Å²) in [5, 5.41) is 3.46. The first-order chi connectivity index (χ1) is 10.1. The molecule has 0 saturated heterocycles. The molecule has 0 unspecified atom stereocenters. The van der Waals surface area contributed by atoms with Gasteiger partial charge in [-0.3, -0.25) is 4.79 Å². The number of halogens is 1. The van der Waals surface area contributed by atoms with Crippen LogP contribution >= 0.6 is 11.6 Å². The van der Waals surface area contributed by atoms with E-state index in [9.17, 15) is 4.79 Å². The third-order valence-corrected chi connectivity index (χ3v) is 3.33.